The number of amides is 1. The summed E-state index contributed by atoms with van der Waals surface area (Å²) in [7, 11) is 0. The van der Waals surface area contributed by atoms with Gasteiger partial charge in [-0.25, -0.2) is 9.37 Å². The van der Waals surface area contributed by atoms with Gasteiger partial charge in [-0.2, -0.15) is 13.2 Å². The lowest BCUT2D eigenvalue weighted by Gasteiger charge is -2.07. The van der Waals surface area contributed by atoms with Crippen LogP contribution in [0.1, 0.15) is 20.9 Å². The number of nitrogens with zero attached hydrogens (tertiary/aromatic N) is 1. The Bertz CT molecular complexity index is 607. The van der Waals surface area contributed by atoms with Crippen LogP contribution in [0.15, 0.2) is 29.8 Å². The number of aromatic nitrogens is 1. The van der Waals surface area contributed by atoms with Gasteiger partial charge in [0.25, 0.3) is 5.91 Å². The second kappa shape index (κ2) is 5.58. The Balaban J connectivity index is 2.06. The Hall–Kier alpha value is -1.96. The molecule has 1 aromatic heterocycles. The van der Waals surface area contributed by atoms with Gasteiger partial charge in [0, 0.05) is 6.54 Å². The SMILES string of the molecule is O=C(NCc1ccc(F)cc1)c1scnc1C(F)(F)F. The van der Waals surface area contributed by atoms with Crippen molar-refractivity contribution in [2.75, 3.05) is 0 Å². The van der Waals surface area contributed by atoms with Crippen LogP contribution in [0, 0.1) is 5.82 Å². The van der Waals surface area contributed by atoms with Crippen molar-refractivity contribution in [3.05, 3.63) is 51.7 Å². The lowest BCUT2D eigenvalue weighted by atomic mass is 10.2. The van der Waals surface area contributed by atoms with Crippen LogP contribution < -0.4 is 5.32 Å². The monoisotopic (exact) mass is 304 g/mol. The molecule has 0 aliphatic carbocycles. The lowest BCUT2D eigenvalue weighted by Crippen LogP contribution is -2.24. The van der Waals surface area contributed by atoms with Crippen molar-refractivity contribution in [1.29, 1.82) is 0 Å². The third kappa shape index (κ3) is 3.32. The fourth-order valence-corrected chi connectivity index (χ4v) is 2.20. The number of hydrogen-bond donors (Lipinski definition) is 1. The van der Waals surface area contributed by atoms with E-state index in [-0.39, 0.29) is 6.54 Å². The fourth-order valence-electron chi connectivity index (χ4n) is 1.47. The molecular formula is C12H8F4N2OS. The fraction of sp³-hybridized carbons (Fsp3) is 0.167. The molecule has 1 aromatic carbocycles. The first kappa shape index (κ1) is 14.4. The maximum atomic E-state index is 12.7. The summed E-state index contributed by atoms with van der Waals surface area (Å²) >= 11 is 0.619. The average molecular weight is 304 g/mol. The Morgan fingerprint density at radius 3 is 2.50 bits per heavy atom. The van der Waals surface area contributed by atoms with Crippen LogP contribution in [-0.2, 0) is 12.7 Å². The number of halogens is 4. The largest absolute Gasteiger partial charge is 0.434 e. The summed E-state index contributed by atoms with van der Waals surface area (Å²) in [6, 6.07) is 5.28. The van der Waals surface area contributed by atoms with Crippen LogP contribution in [0.4, 0.5) is 17.6 Å². The number of hydrogen-bond acceptors (Lipinski definition) is 3. The van der Waals surface area contributed by atoms with Crippen molar-refractivity contribution in [3.63, 3.8) is 0 Å². The van der Waals surface area contributed by atoms with E-state index in [0.29, 0.717) is 16.9 Å². The first-order chi connectivity index (χ1) is 9.38. The maximum Gasteiger partial charge on any atom is 0.434 e. The summed E-state index contributed by atoms with van der Waals surface area (Å²) in [6.07, 6.45) is -4.66. The van der Waals surface area contributed by atoms with Gasteiger partial charge in [0.1, 0.15) is 10.7 Å². The predicted octanol–water partition coefficient (Wildman–Crippen LogP) is 3.23. The topological polar surface area (TPSA) is 42.0 Å². The average Bonchev–Trinajstić information content (AvgIpc) is 2.87. The number of carbonyl (C=O) groups excluding carboxylic acids is 1. The predicted molar refractivity (Wildman–Crippen MR) is 64.7 cm³/mol. The van der Waals surface area contributed by atoms with Crippen molar-refractivity contribution in [3.8, 4) is 0 Å². The van der Waals surface area contributed by atoms with E-state index in [1.54, 1.807) is 0 Å². The van der Waals surface area contributed by atoms with Crippen LogP contribution in [-0.4, -0.2) is 10.9 Å². The van der Waals surface area contributed by atoms with Crippen LogP contribution in [0.5, 0.6) is 0 Å². The van der Waals surface area contributed by atoms with E-state index in [0.717, 1.165) is 5.51 Å². The second-order valence-corrected chi connectivity index (χ2v) is 4.69. The highest BCUT2D eigenvalue weighted by atomic mass is 32.1. The Kier molecular flexibility index (Phi) is 4.03. The molecule has 3 nitrogen and oxygen atoms in total. The standard InChI is InChI=1S/C12H8F4N2OS/c13-8-3-1-7(2-4-8)5-17-11(19)9-10(12(14,15)16)18-6-20-9/h1-4,6H,5H2,(H,17,19). The summed E-state index contributed by atoms with van der Waals surface area (Å²) in [5.41, 5.74) is 0.354. The number of benzene rings is 1. The normalized spacial score (nSPS) is 11.4. The molecule has 0 atom stereocenters. The first-order valence-electron chi connectivity index (χ1n) is 5.41. The number of carbonyl (C=O) groups is 1. The zero-order valence-corrected chi connectivity index (χ0v) is 10.7. The third-order valence-corrected chi connectivity index (χ3v) is 3.23. The van der Waals surface area contributed by atoms with Crippen LogP contribution in [0.2, 0.25) is 0 Å². The Morgan fingerprint density at radius 1 is 1.25 bits per heavy atom. The van der Waals surface area contributed by atoms with E-state index in [4.69, 9.17) is 0 Å². The molecule has 8 heteroatoms. The van der Waals surface area contributed by atoms with Gasteiger partial charge in [-0.15, -0.1) is 11.3 Å². The second-order valence-electron chi connectivity index (χ2n) is 3.84. The quantitative estimate of drug-likeness (QED) is 0.885. The van der Waals surface area contributed by atoms with Gasteiger partial charge in [0.05, 0.1) is 5.51 Å². The number of thiazole rings is 1. The van der Waals surface area contributed by atoms with Gasteiger partial charge in [0.15, 0.2) is 5.69 Å². The molecule has 2 rings (SSSR count). The molecule has 1 heterocycles. The van der Waals surface area contributed by atoms with Crippen molar-refractivity contribution in [2.45, 2.75) is 12.7 Å². The molecule has 1 amide bonds. The third-order valence-electron chi connectivity index (χ3n) is 2.41. The number of rotatable bonds is 3. The van der Waals surface area contributed by atoms with Gasteiger partial charge in [-0.1, -0.05) is 12.1 Å². The molecule has 0 unspecified atom stereocenters. The van der Waals surface area contributed by atoms with Crippen LogP contribution in [0.25, 0.3) is 0 Å². The molecule has 0 fully saturated rings. The van der Waals surface area contributed by atoms with Crippen molar-refractivity contribution in [1.82, 2.24) is 10.3 Å². The molecule has 0 aliphatic heterocycles. The van der Waals surface area contributed by atoms with Crippen molar-refractivity contribution < 1.29 is 22.4 Å². The van der Waals surface area contributed by atoms with Gasteiger partial charge in [-0.05, 0) is 17.7 Å². The van der Waals surface area contributed by atoms with Gasteiger partial charge in [0.2, 0.25) is 0 Å². The molecule has 0 saturated heterocycles. The van der Waals surface area contributed by atoms with E-state index < -0.39 is 28.5 Å². The van der Waals surface area contributed by atoms with Gasteiger partial charge < -0.3 is 5.32 Å². The molecule has 0 saturated carbocycles. The van der Waals surface area contributed by atoms with E-state index in [2.05, 4.69) is 10.3 Å². The summed E-state index contributed by atoms with van der Waals surface area (Å²) in [5, 5.41) is 2.34. The maximum absolute atomic E-state index is 12.7. The van der Waals surface area contributed by atoms with E-state index in [9.17, 15) is 22.4 Å². The molecule has 0 radical (unpaired) electrons. The Morgan fingerprint density at radius 2 is 1.90 bits per heavy atom. The Labute approximate surface area is 115 Å². The van der Waals surface area contributed by atoms with Crippen molar-refractivity contribution in [2.24, 2.45) is 0 Å². The summed E-state index contributed by atoms with van der Waals surface area (Å²) in [5.74, 6) is -1.29. The molecule has 20 heavy (non-hydrogen) atoms. The van der Waals surface area contributed by atoms with Gasteiger partial charge >= 0.3 is 6.18 Å². The summed E-state index contributed by atoms with van der Waals surface area (Å²) in [6.45, 7) is 0.00824. The minimum Gasteiger partial charge on any atom is -0.347 e. The van der Waals surface area contributed by atoms with Crippen LogP contribution >= 0.6 is 11.3 Å². The zero-order chi connectivity index (χ0) is 14.8. The highest BCUT2D eigenvalue weighted by molar-refractivity contribution is 7.11. The minimum atomic E-state index is -4.66. The molecule has 1 N–H and O–H groups in total. The van der Waals surface area contributed by atoms with E-state index >= 15 is 0 Å². The molecule has 0 bridgehead atoms. The lowest BCUT2D eigenvalue weighted by molar-refractivity contribution is -0.141. The summed E-state index contributed by atoms with van der Waals surface area (Å²) in [4.78, 5) is 14.4. The molecule has 0 aliphatic rings. The molecular weight excluding hydrogens is 296 g/mol. The molecule has 0 spiro atoms. The molecule has 2 aromatic rings. The van der Waals surface area contributed by atoms with Crippen molar-refractivity contribution >= 4 is 17.2 Å². The van der Waals surface area contributed by atoms with Crippen LogP contribution in [0.3, 0.4) is 0 Å². The van der Waals surface area contributed by atoms with Gasteiger partial charge in [-0.3, -0.25) is 4.79 Å². The first-order valence-corrected chi connectivity index (χ1v) is 6.29. The number of nitrogens with one attached hydrogen (secondary N) is 1. The highest BCUT2D eigenvalue weighted by Gasteiger charge is 2.38. The van der Waals surface area contributed by atoms with E-state index in [1.807, 2.05) is 0 Å². The summed E-state index contributed by atoms with van der Waals surface area (Å²) < 4.78 is 50.4. The zero-order valence-electron chi connectivity index (χ0n) is 9.87. The smallest absolute Gasteiger partial charge is 0.347 e. The van der Waals surface area contributed by atoms with E-state index in [1.165, 1.54) is 24.3 Å². The molecule has 106 valence electrons. The number of alkyl halides is 3. The highest BCUT2D eigenvalue weighted by Crippen LogP contribution is 2.32. The minimum absolute atomic E-state index is 0.00824.